The molecule has 1 aliphatic carbocycles. The normalized spacial score (nSPS) is 17.8. The van der Waals surface area contributed by atoms with Gasteiger partial charge in [0.1, 0.15) is 0 Å². The van der Waals surface area contributed by atoms with Gasteiger partial charge in [-0.25, -0.2) is 17.6 Å². The maximum absolute atomic E-state index is 15.1. The zero-order valence-electron chi connectivity index (χ0n) is 22.5. The first-order chi connectivity index (χ1) is 18.4. The average Bonchev–Trinajstić information content (AvgIpc) is 2.93. The van der Waals surface area contributed by atoms with Crippen LogP contribution in [0.2, 0.25) is 0 Å². The van der Waals surface area contributed by atoms with E-state index in [1.54, 1.807) is 30.3 Å². The molecule has 3 aromatic carbocycles. The smallest absolute Gasteiger partial charge is 0.166 e. The van der Waals surface area contributed by atoms with E-state index in [1.807, 2.05) is 30.3 Å². The van der Waals surface area contributed by atoms with Crippen molar-refractivity contribution in [1.82, 2.24) is 0 Å². The number of rotatable bonds is 10. The molecule has 38 heavy (non-hydrogen) atoms. The predicted molar refractivity (Wildman–Crippen MR) is 149 cm³/mol. The molecule has 0 N–H and O–H groups in total. The molecule has 1 fully saturated rings. The van der Waals surface area contributed by atoms with E-state index < -0.39 is 23.3 Å². The van der Waals surface area contributed by atoms with E-state index in [4.69, 9.17) is 0 Å². The molecule has 0 aliphatic heterocycles. The highest BCUT2D eigenvalue weighted by Gasteiger charge is 2.26. The van der Waals surface area contributed by atoms with Crippen LogP contribution in [0, 0.1) is 29.2 Å². The minimum absolute atomic E-state index is 0.0493. The molecule has 0 bridgehead atoms. The number of allylic oxidation sites excluding steroid dienone is 1. The average molecular weight is 523 g/mol. The summed E-state index contributed by atoms with van der Waals surface area (Å²) < 4.78 is 59.3. The van der Waals surface area contributed by atoms with Gasteiger partial charge in [-0.15, -0.1) is 0 Å². The quantitative estimate of drug-likeness (QED) is 0.183. The van der Waals surface area contributed by atoms with Gasteiger partial charge in [-0.1, -0.05) is 93.8 Å². The fourth-order valence-corrected chi connectivity index (χ4v) is 5.60. The second kappa shape index (κ2) is 13.3. The molecule has 4 rings (SSSR count). The molecule has 3 aromatic rings. The van der Waals surface area contributed by atoms with Crippen LogP contribution >= 0.6 is 0 Å². The van der Waals surface area contributed by atoms with E-state index in [9.17, 15) is 8.78 Å². The largest absolute Gasteiger partial charge is 0.203 e. The summed E-state index contributed by atoms with van der Waals surface area (Å²) in [5, 5.41) is 0. The van der Waals surface area contributed by atoms with Gasteiger partial charge in [-0.3, -0.25) is 0 Å². The van der Waals surface area contributed by atoms with Gasteiger partial charge in [-0.2, -0.15) is 0 Å². The minimum atomic E-state index is -0.790. The lowest BCUT2D eigenvalue weighted by atomic mass is 9.78. The summed E-state index contributed by atoms with van der Waals surface area (Å²) in [4.78, 5) is 0. The molecule has 4 heteroatoms. The zero-order chi connectivity index (χ0) is 27.1. The highest BCUT2D eigenvalue weighted by atomic mass is 19.2. The highest BCUT2D eigenvalue weighted by molar-refractivity contribution is 5.65. The fourth-order valence-electron chi connectivity index (χ4n) is 5.60. The molecule has 1 saturated carbocycles. The summed E-state index contributed by atoms with van der Waals surface area (Å²) in [6.45, 7) is 4.19. The van der Waals surface area contributed by atoms with E-state index in [0.717, 1.165) is 57.8 Å². The molecule has 0 spiro atoms. The maximum atomic E-state index is 15.1. The molecular weight excluding hydrogens is 484 g/mol. The standard InChI is InChI=1S/C34H38F4/c1-3-5-6-8-27-19-20-28(32(36)31(27)35)18-13-24-11-16-26(17-12-24)30-22-21-29(33(37)34(30)38)25-14-9-23(7-4-2)10-15-25/h9-10,13-15,18-22,24,26H,3-8,11-12,16-17H2,1-2H3/b18-13+. The third-order valence-corrected chi connectivity index (χ3v) is 7.92. The summed E-state index contributed by atoms with van der Waals surface area (Å²) in [7, 11) is 0. The maximum Gasteiger partial charge on any atom is 0.166 e. The first-order valence-corrected chi connectivity index (χ1v) is 14.1. The Labute approximate surface area is 224 Å². The van der Waals surface area contributed by atoms with Crippen LogP contribution in [0.5, 0.6) is 0 Å². The molecule has 0 nitrogen and oxygen atoms in total. The lowest BCUT2D eigenvalue weighted by Crippen LogP contribution is -2.13. The van der Waals surface area contributed by atoms with Crippen molar-refractivity contribution in [3.63, 3.8) is 0 Å². The van der Waals surface area contributed by atoms with Crippen molar-refractivity contribution in [3.05, 3.63) is 100 Å². The van der Waals surface area contributed by atoms with Crippen molar-refractivity contribution in [1.29, 1.82) is 0 Å². The highest BCUT2D eigenvalue weighted by Crippen LogP contribution is 2.39. The summed E-state index contributed by atoms with van der Waals surface area (Å²) in [5.41, 5.74) is 3.28. The summed E-state index contributed by atoms with van der Waals surface area (Å²) in [6.07, 6.45) is 12.1. The Balaban J connectivity index is 1.38. The van der Waals surface area contributed by atoms with Crippen molar-refractivity contribution in [2.24, 2.45) is 5.92 Å². The van der Waals surface area contributed by atoms with Crippen LogP contribution in [-0.2, 0) is 12.8 Å². The van der Waals surface area contributed by atoms with Crippen molar-refractivity contribution in [3.8, 4) is 11.1 Å². The van der Waals surface area contributed by atoms with Crippen LogP contribution < -0.4 is 0 Å². The van der Waals surface area contributed by atoms with Crippen molar-refractivity contribution >= 4 is 6.08 Å². The van der Waals surface area contributed by atoms with Crippen LogP contribution in [0.3, 0.4) is 0 Å². The van der Waals surface area contributed by atoms with E-state index in [0.29, 0.717) is 23.1 Å². The van der Waals surface area contributed by atoms with E-state index in [-0.39, 0.29) is 23.0 Å². The van der Waals surface area contributed by atoms with E-state index >= 15 is 8.78 Å². The van der Waals surface area contributed by atoms with Gasteiger partial charge >= 0.3 is 0 Å². The molecule has 0 aromatic heterocycles. The number of halogens is 4. The second-order valence-corrected chi connectivity index (χ2v) is 10.6. The first-order valence-electron chi connectivity index (χ1n) is 14.1. The van der Waals surface area contributed by atoms with Crippen LogP contribution in [0.25, 0.3) is 17.2 Å². The third kappa shape index (κ3) is 6.57. The number of aryl methyl sites for hydroxylation is 2. The van der Waals surface area contributed by atoms with Crippen molar-refractivity contribution < 1.29 is 17.6 Å². The molecular formula is C34H38F4. The topological polar surface area (TPSA) is 0 Å². The Morgan fingerprint density at radius 3 is 2.11 bits per heavy atom. The van der Waals surface area contributed by atoms with Crippen LogP contribution in [0.15, 0.2) is 54.6 Å². The Morgan fingerprint density at radius 2 is 1.42 bits per heavy atom. The van der Waals surface area contributed by atoms with Gasteiger partial charge in [0, 0.05) is 11.1 Å². The zero-order valence-corrected chi connectivity index (χ0v) is 22.5. The monoisotopic (exact) mass is 522 g/mol. The second-order valence-electron chi connectivity index (χ2n) is 10.6. The molecule has 0 amide bonds. The molecule has 202 valence electrons. The van der Waals surface area contributed by atoms with Gasteiger partial charge in [-0.05, 0) is 79.0 Å². The Kier molecular flexibility index (Phi) is 9.82. The van der Waals surface area contributed by atoms with Gasteiger partial charge < -0.3 is 0 Å². The predicted octanol–water partition coefficient (Wildman–Crippen LogP) is 10.6. The summed E-state index contributed by atoms with van der Waals surface area (Å²) in [5.74, 6) is -2.93. The van der Waals surface area contributed by atoms with Gasteiger partial charge in [0.2, 0.25) is 0 Å². The molecule has 0 heterocycles. The molecule has 0 unspecified atom stereocenters. The fraction of sp³-hybridized carbons (Fsp3) is 0.412. The van der Waals surface area contributed by atoms with Gasteiger partial charge in [0.25, 0.3) is 0 Å². The van der Waals surface area contributed by atoms with Crippen LogP contribution in [0.1, 0.15) is 93.4 Å². The molecule has 1 aliphatic rings. The van der Waals surface area contributed by atoms with Crippen molar-refractivity contribution in [2.75, 3.05) is 0 Å². The summed E-state index contributed by atoms with van der Waals surface area (Å²) in [6, 6.07) is 14.4. The third-order valence-electron chi connectivity index (χ3n) is 7.92. The summed E-state index contributed by atoms with van der Waals surface area (Å²) >= 11 is 0. The van der Waals surface area contributed by atoms with Crippen LogP contribution in [-0.4, -0.2) is 0 Å². The molecule has 0 saturated heterocycles. The SMILES string of the molecule is CCCCCc1ccc(/C=C/C2CCC(c3ccc(-c4ccc(CCC)cc4)c(F)c3F)CC2)c(F)c1F. The van der Waals surface area contributed by atoms with Crippen molar-refractivity contribution in [2.45, 2.75) is 84.0 Å². The number of hydrogen-bond acceptors (Lipinski definition) is 0. The van der Waals surface area contributed by atoms with E-state index in [2.05, 4.69) is 13.8 Å². The van der Waals surface area contributed by atoms with E-state index in [1.165, 1.54) is 5.56 Å². The lowest BCUT2D eigenvalue weighted by molar-refractivity contribution is 0.365. The van der Waals surface area contributed by atoms with Gasteiger partial charge in [0.15, 0.2) is 23.3 Å². The Morgan fingerprint density at radius 1 is 0.684 bits per heavy atom. The number of hydrogen-bond donors (Lipinski definition) is 0. The number of unbranched alkanes of at least 4 members (excludes halogenated alkanes) is 2. The van der Waals surface area contributed by atoms with Crippen LogP contribution in [0.4, 0.5) is 17.6 Å². The Bertz CT molecular complexity index is 1230. The molecule has 0 radical (unpaired) electrons. The number of benzene rings is 3. The Hall–Kier alpha value is -2.88. The first kappa shape index (κ1) is 28.1. The minimum Gasteiger partial charge on any atom is -0.203 e. The van der Waals surface area contributed by atoms with Gasteiger partial charge in [0.05, 0.1) is 0 Å². The molecule has 0 atom stereocenters. The lowest BCUT2D eigenvalue weighted by Gasteiger charge is -2.27.